The van der Waals surface area contributed by atoms with Crippen LogP contribution in [0, 0.1) is 0 Å². The van der Waals surface area contributed by atoms with Crippen molar-refractivity contribution >= 4 is 16.8 Å². The molecular weight excluding hydrogens is 292 g/mol. The molecule has 0 aliphatic carbocycles. The van der Waals surface area contributed by atoms with E-state index in [4.69, 9.17) is 4.74 Å². The number of para-hydroxylation sites is 1. The predicted molar refractivity (Wildman–Crippen MR) is 87.4 cm³/mol. The van der Waals surface area contributed by atoms with Gasteiger partial charge in [0.1, 0.15) is 6.10 Å². The van der Waals surface area contributed by atoms with Crippen molar-refractivity contribution < 1.29 is 14.6 Å². The molecule has 1 aromatic heterocycles. The molecule has 1 amide bonds. The van der Waals surface area contributed by atoms with E-state index in [2.05, 4.69) is 0 Å². The molecule has 2 saturated heterocycles. The molecule has 2 fully saturated rings. The fraction of sp³-hybridized carbons (Fsp3) is 0.500. The summed E-state index contributed by atoms with van der Waals surface area (Å²) >= 11 is 0. The zero-order chi connectivity index (χ0) is 16.0. The van der Waals surface area contributed by atoms with Gasteiger partial charge in [0.25, 0.3) is 5.91 Å². The summed E-state index contributed by atoms with van der Waals surface area (Å²) in [7, 11) is 1.95. The van der Waals surface area contributed by atoms with Crippen LogP contribution < -0.4 is 0 Å². The Morgan fingerprint density at radius 1 is 1.35 bits per heavy atom. The average Bonchev–Trinajstić information content (AvgIpc) is 3.16. The molecular formula is C18H22N2O3. The number of nitrogens with zero attached hydrogens (tertiary/aromatic N) is 2. The van der Waals surface area contributed by atoms with Crippen molar-refractivity contribution in [3.63, 3.8) is 0 Å². The van der Waals surface area contributed by atoms with Gasteiger partial charge in [0.2, 0.25) is 0 Å². The van der Waals surface area contributed by atoms with Gasteiger partial charge in [-0.15, -0.1) is 0 Å². The van der Waals surface area contributed by atoms with Crippen molar-refractivity contribution in [1.29, 1.82) is 0 Å². The van der Waals surface area contributed by atoms with E-state index < -0.39 is 11.7 Å². The second-order valence-corrected chi connectivity index (χ2v) is 6.70. The minimum Gasteiger partial charge on any atom is -0.388 e. The number of rotatable bonds is 1. The number of amides is 1. The van der Waals surface area contributed by atoms with Gasteiger partial charge in [-0.3, -0.25) is 4.79 Å². The van der Waals surface area contributed by atoms with Crippen LogP contribution in [0.1, 0.15) is 29.6 Å². The fourth-order valence-electron chi connectivity index (χ4n) is 4.00. The number of aryl methyl sites for hydroxylation is 1. The van der Waals surface area contributed by atoms with Crippen molar-refractivity contribution in [2.75, 3.05) is 19.7 Å². The van der Waals surface area contributed by atoms with Gasteiger partial charge in [-0.05, 0) is 25.3 Å². The third-order valence-corrected chi connectivity index (χ3v) is 5.35. The number of benzene rings is 1. The summed E-state index contributed by atoms with van der Waals surface area (Å²) in [6.07, 6.45) is 3.89. The minimum atomic E-state index is -0.599. The van der Waals surface area contributed by atoms with E-state index in [1.165, 1.54) is 0 Å². The van der Waals surface area contributed by atoms with E-state index in [0.717, 1.165) is 23.7 Å². The Labute approximate surface area is 135 Å². The van der Waals surface area contributed by atoms with Gasteiger partial charge in [0.05, 0.1) is 11.2 Å². The Balaban J connectivity index is 1.60. The highest BCUT2D eigenvalue weighted by Crippen LogP contribution is 2.36. The Kier molecular flexibility index (Phi) is 3.43. The minimum absolute atomic E-state index is 0.00584. The summed E-state index contributed by atoms with van der Waals surface area (Å²) in [5.74, 6) is -0.00584. The highest BCUT2D eigenvalue weighted by molar-refractivity contribution is 6.07. The van der Waals surface area contributed by atoms with Gasteiger partial charge in [0, 0.05) is 43.8 Å². The van der Waals surface area contributed by atoms with E-state index in [1.54, 1.807) is 4.90 Å². The normalized spacial score (nSPS) is 27.9. The third kappa shape index (κ3) is 2.26. The van der Waals surface area contributed by atoms with Crippen LogP contribution >= 0.6 is 0 Å². The molecule has 122 valence electrons. The van der Waals surface area contributed by atoms with Crippen molar-refractivity contribution in [1.82, 2.24) is 9.47 Å². The molecule has 5 nitrogen and oxygen atoms in total. The molecule has 23 heavy (non-hydrogen) atoms. The SMILES string of the molecule is Cn1cc(C(=O)N2CC[C@@]3(CCCO3)[C@@H](O)C2)c2ccccc21. The van der Waals surface area contributed by atoms with Crippen LogP contribution in [0.2, 0.25) is 0 Å². The van der Waals surface area contributed by atoms with Crippen molar-refractivity contribution in [3.05, 3.63) is 36.0 Å². The van der Waals surface area contributed by atoms with Crippen LogP contribution in [-0.2, 0) is 11.8 Å². The molecule has 2 aromatic rings. The number of aliphatic hydroxyl groups is 1. The highest BCUT2D eigenvalue weighted by atomic mass is 16.5. The first-order valence-corrected chi connectivity index (χ1v) is 8.26. The summed E-state index contributed by atoms with van der Waals surface area (Å²) < 4.78 is 7.79. The number of hydrogen-bond acceptors (Lipinski definition) is 3. The van der Waals surface area contributed by atoms with Crippen LogP contribution in [0.25, 0.3) is 10.9 Å². The molecule has 2 atom stereocenters. The second kappa shape index (κ2) is 5.35. The first-order valence-electron chi connectivity index (χ1n) is 8.26. The molecule has 0 bridgehead atoms. The average molecular weight is 314 g/mol. The van der Waals surface area contributed by atoms with Crippen LogP contribution in [0.5, 0.6) is 0 Å². The summed E-state index contributed by atoms with van der Waals surface area (Å²) in [5, 5.41) is 11.5. The third-order valence-electron chi connectivity index (χ3n) is 5.35. The number of aliphatic hydroxyl groups excluding tert-OH is 1. The first-order chi connectivity index (χ1) is 11.1. The maximum atomic E-state index is 12.9. The number of aromatic nitrogens is 1. The molecule has 1 N–H and O–H groups in total. The number of β-amino-alcohol motifs (C(OH)–C–C–N with tert-alkyl or cyclic N) is 1. The molecule has 0 unspecified atom stereocenters. The molecule has 3 heterocycles. The van der Waals surface area contributed by atoms with Crippen LogP contribution in [0.15, 0.2) is 30.5 Å². The number of fused-ring (bicyclic) bond motifs is 1. The van der Waals surface area contributed by atoms with Crippen molar-refractivity contribution in [2.24, 2.45) is 7.05 Å². The van der Waals surface area contributed by atoms with Gasteiger partial charge in [-0.25, -0.2) is 0 Å². The zero-order valence-electron chi connectivity index (χ0n) is 13.4. The van der Waals surface area contributed by atoms with Gasteiger partial charge >= 0.3 is 0 Å². The largest absolute Gasteiger partial charge is 0.388 e. The van der Waals surface area contributed by atoms with Gasteiger partial charge in [0.15, 0.2) is 0 Å². The standard InChI is InChI=1S/C18H22N2O3/c1-19-11-14(13-5-2-3-6-15(13)19)17(22)20-9-8-18(16(21)12-20)7-4-10-23-18/h2-3,5-6,11,16,21H,4,7-10,12H2,1H3/t16-,18-/m0/s1. The van der Waals surface area contributed by atoms with E-state index in [0.29, 0.717) is 31.7 Å². The Hall–Kier alpha value is -1.85. The molecule has 5 heteroatoms. The van der Waals surface area contributed by atoms with Gasteiger partial charge < -0.3 is 19.3 Å². The second-order valence-electron chi connectivity index (χ2n) is 6.70. The Morgan fingerprint density at radius 3 is 2.91 bits per heavy atom. The quantitative estimate of drug-likeness (QED) is 0.875. The van der Waals surface area contributed by atoms with Gasteiger partial charge in [-0.1, -0.05) is 18.2 Å². The smallest absolute Gasteiger partial charge is 0.256 e. The van der Waals surface area contributed by atoms with E-state index >= 15 is 0 Å². The zero-order valence-corrected chi connectivity index (χ0v) is 13.4. The summed E-state index contributed by atoms with van der Waals surface area (Å²) in [4.78, 5) is 14.7. The molecule has 2 aliphatic rings. The number of piperidine rings is 1. The summed E-state index contributed by atoms with van der Waals surface area (Å²) in [6, 6.07) is 7.91. The number of ether oxygens (including phenoxy) is 1. The van der Waals surface area contributed by atoms with Crippen LogP contribution in [-0.4, -0.2) is 51.9 Å². The first kappa shape index (κ1) is 14.7. The lowest BCUT2D eigenvalue weighted by molar-refractivity contribution is -0.122. The van der Waals surface area contributed by atoms with E-state index in [-0.39, 0.29) is 5.91 Å². The maximum absolute atomic E-state index is 12.9. The molecule has 4 rings (SSSR count). The van der Waals surface area contributed by atoms with Crippen molar-refractivity contribution in [2.45, 2.75) is 31.0 Å². The van der Waals surface area contributed by atoms with Crippen LogP contribution in [0.4, 0.5) is 0 Å². The van der Waals surface area contributed by atoms with Crippen LogP contribution in [0.3, 0.4) is 0 Å². The fourth-order valence-corrected chi connectivity index (χ4v) is 4.00. The summed E-state index contributed by atoms with van der Waals surface area (Å²) in [5.41, 5.74) is 1.33. The molecule has 1 aromatic carbocycles. The maximum Gasteiger partial charge on any atom is 0.256 e. The molecule has 1 spiro atoms. The Morgan fingerprint density at radius 2 is 2.17 bits per heavy atom. The molecule has 0 saturated carbocycles. The molecule has 0 radical (unpaired) electrons. The lowest BCUT2D eigenvalue weighted by Gasteiger charge is -2.42. The van der Waals surface area contributed by atoms with E-state index in [9.17, 15) is 9.90 Å². The van der Waals surface area contributed by atoms with E-state index in [1.807, 2.05) is 42.1 Å². The molecule has 2 aliphatic heterocycles. The number of likely N-dealkylation sites (tertiary alicyclic amines) is 1. The predicted octanol–water partition coefficient (Wildman–Crippen LogP) is 1.93. The number of carbonyl (C=O) groups is 1. The number of carbonyl (C=O) groups excluding carboxylic acids is 1. The lowest BCUT2D eigenvalue weighted by atomic mass is 9.86. The monoisotopic (exact) mass is 314 g/mol. The number of hydrogen-bond donors (Lipinski definition) is 1. The van der Waals surface area contributed by atoms with Gasteiger partial charge in [-0.2, -0.15) is 0 Å². The van der Waals surface area contributed by atoms with Crippen molar-refractivity contribution in [3.8, 4) is 0 Å². The lowest BCUT2D eigenvalue weighted by Crippen LogP contribution is -2.56. The topological polar surface area (TPSA) is 54.7 Å². The highest BCUT2D eigenvalue weighted by Gasteiger charge is 2.46. The summed E-state index contributed by atoms with van der Waals surface area (Å²) in [6.45, 7) is 1.70. The Bertz CT molecular complexity index is 746.